The summed E-state index contributed by atoms with van der Waals surface area (Å²) in [5, 5.41) is 0.708. The van der Waals surface area contributed by atoms with E-state index in [1.54, 1.807) is 26.5 Å². The molecule has 0 aliphatic rings. The second-order valence-corrected chi connectivity index (χ2v) is 4.28. The van der Waals surface area contributed by atoms with E-state index in [0.717, 1.165) is 17.0 Å². The van der Waals surface area contributed by atoms with Gasteiger partial charge < -0.3 is 9.47 Å². The maximum atomic E-state index is 5.83. The minimum atomic E-state index is 0.671. The van der Waals surface area contributed by atoms with E-state index < -0.39 is 0 Å². The number of ether oxygens (including phenoxy) is 2. The summed E-state index contributed by atoms with van der Waals surface area (Å²) < 4.78 is 10.4. The summed E-state index contributed by atoms with van der Waals surface area (Å²) in [4.78, 5) is 4.40. The Hall–Kier alpha value is -2.00. The molecule has 0 heterocycles. The highest BCUT2D eigenvalue weighted by atomic mass is 35.5. The Morgan fingerprint density at radius 3 is 2.37 bits per heavy atom. The van der Waals surface area contributed by atoms with E-state index in [2.05, 4.69) is 4.99 Å². The zero-order valence-corrected chi connectivity index (χ0v) is 11.5. The van der Waals surface area contributed by atoms with Gasteiger partial charge >= 0.3 is 0 Å². The molecule has 2 aromatic carbocycles. The number of benzene rings is 2. The van der Waals surface area contributed by atoms with Gasteiger partial charge in [-0.3, -0.25) is 4.99 Å². The van der Waals surface area contributed by atoms with E-state index in [1.807, 2.05) is 36.4 Å². The molecule has 0 amide bonds. The van der Waals surface area contributed by atoms with Crippen molar-refractivity contribution in [2.45, 2.75) is 0 Å². The number of halogens is 1. The highest BCUT2D eigenvalue weighted by molar-refractivity contribution is 6.30. The first-order valence-corrected chi connectivity index (χ1v) is 6.12. The summed E-state index contributed by atoms with van der Waals surface area (Å²) >= 11 is 5.83. The molecule has 0 aliphatic carbocycles. The maximum absolute atomic E-state index is 5.83. The van der Waals surface area contributed by atoms with Gasteiger partial charge in [-0.25, -0.2) is 0 Å². The van der Waals surface area contributed by atoms with Crippen molar-refractivity contribution in [2.24, 2.45) is 4.99 Å². The van der Waals surface area contributed by atoms with Gasteiger partial charge in [0.05, 0.1) is 14.2 Å². The molecule has 0 N–H and O–H groups in total. The normalized spacial score (nSPS) is 10.7. The van der Waals surface area contributed by atoms with Gasteiger partial charge in [0.2, 0.25) is 0 Å². The van der Waals surface area contributed by atoms with Gasteiger partial charge in [0.1, 0.15) is 17.2 Å². The summed E-state index contributed by atoms with van der Waals surface area (Å²) in [5.74, 6) is 1.41. The number of methoxy groups -OCH3 is 2. The van der Waals surface area contributed by atoms with E-state index in [-0.39, 0.29) is 0 Å². The van der Waals surface area contributed by atoms with Crippen molar-refractivity contribution in [3.8, 4) is 11.5 Å². The molecule has 0 aliphatic heterocycles. The maximum Gasteiger partial charge on any atom is 0.148 e. The molecule has 0 unspecified atom stereocenters. The van der Waals surface area contributed by atoms with Crippen molar-refractivity contribution in [1.29, 1.82) is 0 Å². The lowest BCUT2D eigenvalue weighted by atomic mass is 10.2. The smallest absolute Gasteiger partial charge is 0.148 e. The lowest BCUT2D eigenvalue weighted by Gasteiger charge is -2.06. The molecule has 0 bridgehead atoms. The van der Waals surface area contributed by atoms with Gasteiger partial charge in [0.15, 0.2) is 0 Å². The third-order valence-corrected chi connectivity index (χ3v) is 2.86. The van der Waals surface area contributed by atoms with Crippen LogP contribution in [0.4, 0.5) is 5.69 Å². The lowest BCUT2D eigenvalue weighted by Crippen LogP contribution is -1.87. The molecule has 0 atom stereocenters. The van der Waals surface area contributed by atoms with Crippen molar-refractivity contribution in [1.82, 2.24) is 0 Å². The van der Waals surface area contributed by atoms with Crippen LogP contribution in [0.1, 0.15) is 5.56 Å². The molecule has 2 aromatic rings. The van der Waals surface area contributed by atoms with E-state index in [4.69, 9.17) is 21.1 Å². The Labute approximate surface area is 117 Å². The number of hydrogen-bond donors (Lipinski definition) is 0. The van der Waals surface area contributed by atoms with Crippen LogP contribution in [0.15, 0.2) is 47.5 Å². The molecule has 0 saturated carbocycles. The van der Waals surface area contributed by atoms with E-state index >= 15 is 0 Å². The number of hydrogen-bond acceptors (Lipinski definition) is 3. The van der Waals surface area contributed by atoms with Gasteiger partial charge in [-0.05, 0) is 29.8 Å². The van der Waals surface area contributed by atoms with Crippen molar-refractivity contribution >= 4 is 23.5 Å². The van der Waals surface area contributed by atoms with Crippen LogP contribution in [0.3, 0.4) is 0 Å². The van der Waals surface area contributed by atoms with Crippen molar-refractivity contribution in [3.63, 3.8) is 0 Å². The molecule has 2 rings (SSSR count). The Morgan fingerprint density at radius 2 is 1.74 bits per heavy atom. The zero-order chi connectivity index (χ0) is 13.7. The molecule has 19 heavy (non-hydrogen) atoms. The third-order valence-electron chi connectivity index (χ3n) is 2.61. The molecular formula is C15H14ClNO2. The average molecular weight is 276 g/mol. The fourth-order valence-corrected chi connectivity index (χ4v) is 1.71. The van der Waals surface area contributed by atoms with Crippen LogP contribution in [0.5, 0.6) is 11.5 Å². The lowest BCUT2D eigenvalue weighted by molar-refractivity contribution is 0.395. The summed E-state index contributed by atoms with van der Waals surface area (Å²) in [6.45, 7) is 0. The van der Waals surface area contributed by atoms with Crippen LogP contribution in [-0.2, 0) is 0 Å². The first-order chi connectivity index (χ1) is 9.22. The minimum Gasteiger partial charge on any atom is -0.497 e. The van der Waals surface area contributed by atoms with Crippen LogP contribution >= 0.6 is 11.6 Å². The van der Waals surface area contributed by atoms with Crippen LogP contribution < -0.4 is 9.47 Å². The summed E-state index contributed by atoms with van der Waals surface area (Å²) in [6.07, 6.45) is 1.76. The van der Waals surface area contributed by atoms with E-state index in [1.165, 1.54) is 0 Å². The topological polar surface area (TPSA) is 30.8 Å². The Balaban J connectivity index is 2.25. The first-order valence-electron chi connectivity index (χ1n) is 5.74. The van der Waals surface area contributed by atoms with Crippen LogP contribution in [0.2, 0.25) is 5.02 Å². The summed E-state index contributed by atoms with van der Waals surface area (Å²) in [7, 11) is 3.22. The SMILES string of the molecule is COc1ccc(N=Cc2ccc(Cl)cc2)c(OC)c1. The highest BCUT2D eigenvalue weighted by Gasteiger charge is 2.02. The molecule has 0 radical (unpaired) electrons. The third kappa shape index (κ3) is 3.48. The predicted molar refractivity (Wildman–Crippen MR) is 78.3 cm³/mol. The molecule has 0 saturated heterocycles. The fourth-order valence-electron chi connectivity index (χ4n) is 1.58. The fraction of sp³-hybridized carbons (Fsp3) is 0.133. The second kappa shape index (κ2) is 6.25. The average Bonchev–Trinajstić information content (AvgIpc) is 2.46. The predicted octanol–water partition coefficient (Wildman–Crippen LogP) is 4.11. The van der Waals surface area contributed by atoms with Crippen molar-refractivity contribution in [3.05, 3.63) is 53.1 Å². The number of aliphatic imine (C=N–C) groups is 1. The monoisotopic (exact) mass is 275 g/mol. The molecule has 3 nitrogen and oxygen atoms in total. The van der Waals surface area contributed by atoms with Crippen molar-refractivity contribution in [2.75, 3.05) is 14.2 Å². The molecule has 0 fully saturated rings. The summed E-state index contributed by atoms with van der Waals surface area (Å²) in [6, 6.07) is 13.0. The standard InChI is InChI=1S/C15H14ClNO2/c1-18-13-7-8-14(15(9-13)19-2)17-10-11-3-5-12(16)6-4-11/h3-10H,1-2H3. The Kier molecular flexibility index (Phi) is 4.42. The van der Waals surface area contributed by atoms with Gasteiger partial charge in [-0.1, -0.05) is 23.7 Å². The van der Waals surface area contributed by atoms with Crippen LogP contribution in [-0.4, -0.2) is 20.4 Å². The number of nitrogens with zero attached hydrogens (tertiary/aromatic N) is 1. The quantitative estimate of drug-likeness (QED) is 0.786. The highest BCUT2D eigenvalue weighted by Crippen LogP contribution is 2.31. The molecule has 0 aromatic heterocycles. The van der Waals surface area contributed by atoms with Gasteiger partial charge in [-0.2, -0.15) is 0 Å². The summed E-state index contributed by atoms with van der Waals surface area (Å²) in [5.41, 5.74) is 1.72. The first kappa shape index (κ1) is 13.4. The van der Waals surface area contributed by atoms with Crippen LogP contribution in [0, 0.1) is 0 Å². The van der Waals surface area contributed by atoms with E-state index in [9.17, 15) is 0 Å². The number of rotatable bonds is 4. The van der Waals surface area contributed by atoms with Crippen LogP contribution in [0.25, 0.3) is 0 Å². The Morgan fingerprint density at radius 1 is 1.00 bits per heavy atom. The molecular weight excluding hydrogens is 262 g/mol. The minimum absolute atomic E-state index is 0.671. The second-order valence-electron chi connectivity index (χ2n) is 3.85. The largest absolute Gasteiger partial charge is 0.497 e. The molecule has 4 heteroatoms. The zero-order valence-electron chi connectivity index (χ0n) is 10.8. The molecule has 0 spiro atoms. The van der Waals surface area contributed by atoms with Crippen molar-refractivity contribution < 1.29 is 9.47 Å². The van der Waals surface area contributed by atoms with Gasteiger partial charge in [0.25, 0.3) is 0 Å². The molecule has 98 valence electrons. The Bertz CT molecular complexity index is 579. The van der Waals surface area contributed by atoms with E-state index in [0.29, 0.717) is 10.8 Å². The van der Waals surface area contributed by atoms with Gasteiger partial charge in [0, 0.05) is 17.3 Å². The van der Waals surface area contributed by atoms with Gasteiger partial charge in [-0.15, -0.1) is 0 Å².